The van der Waals surface area contributed by atoms with Crippen molar-refractivity contribution < 1.29 is 0 Å². The number of hydrogen-bond donors (Lipinski definition) is 2. The van der Waals surface area contributed by atoms with Crippen LogP contribution in [0.25, 0.3) is 0 Å². The summed E-state index contributed by atoms with van der Waals surface area (Å²) in [5.74, 6) is -0.0194. The van der Waals surface area contributed by atoms with Gasteiger partial charge in [0.1, 0.15) is 6.07 Å². The number of nitriles is 1. The zero-order chi connectivity index (χ0) is 12.0. The molecule has 0 spiro atoms. The van der Waals surface area contributed by atoms with Crippen LogP contribution in [0, 0.1) is 22.7 Å². The van der Waals surface area contributed by atoms with Crippen molar-refractivity contribution in [3.05, 3.63) is 24.5 Å². The summed E-state index contributed by atoms with van der Waals surface area (Å²) in [5, 5.41) is 20.4. The number of pyridine rings is 1. The molecule has 0 aliphatic heterocycles. The van der Waals surface area contributed by atoms with Gasteiger partial charge in [0.25, 0.3) is 0 Å². The van der Waals surface area contributed by atoms with Gasteiger partial charge < -0.3 is 5.41 Å². The predicted molar refractivity (Wildman–Crippen MR) is 63.5 cm³/mol. The molecule has 0 amide bonds. The molecular formula is C11H13N5. The van der Waals surface area contributed by atoms with Crippen molar-refractivity contribution in [1.82, 2.24) is 4.98 Å². The van der Waals surface area contributed by atoms with Crippen LogP contribution in [-0.2, 0) is 0 Å². The maximum Gasteiger partial charge on any atom is 0.181 e. The van der Waals surface area contributed by atoms with E-state index in [-0.39, 0.29) is 17.3 Å². The molecule has 0 aliphatic carbocycles. The Morgan fingerprint density at radius 2 is 2.38 bits per heavy atom. The SMILES string of the molecule is CC(C)C(=N)C(C#N)=NNc1cccnc1. The minimum Gasteiger partial charge on any atom is -0.302 e. The van der Waals surface area contributed by atoms with E-state index in [0.29, 0.717) is 5.69 Å². The van der Waals surface area contributed by atoms with E-state index in [2.05, 4.69) is 15.5 Å². The van der Waals surface area contributed by atoms with Crippen LogP contribution in [0.2, 0.25) is 0 Å². The fraction of sp³-hybridized carbons (Fsp3) is 0.273. The van der Waals surface area contributed by atoms with E-state index in [1.165, 1.54) is 0 Å². The van der Waals surface area contributed by atoms with E-state index < -0.39 is 0 Å². The Balaban J connectivity index is 2.76. The number of rotatable bonds is 4. The Bertz CT molecular complexity index is 427. The second-order valence-corrected chi connectivity index (χ2v) is 3.49. The first-order valence-electron chi connectivity index (χ1n) is 4.87. The smallest absolute Gasteiger partial charge is 0.181 e. The minimum absolute atomic E-state index is 0.0194. The summed E-state index contributed by atoms with van der Waals surface area (Å²) in [6, 6.07) is 5.44. The molecule has 16 heavy (non-hydrogen) atoms. The summed E-state index contributed by atoms with van der Waals surface area (Å²) in [6.07, 6.45) is 3.24. The number of nitrogens with one attached hydrogen (secondary N) is 2. The molecule has 0 aliphatic rings. The van der Waals surface area contributed by atoms with Crippen LogP contribution in [-0.4, -0.2) is 16.4 Å². The maximum atomic E-state index is 8.85. The van der Waals surface area contributed by atoms with Gasteiger partial charge in [-0.3, -0.25) is 10.4 Å². The molecule has 0 saturated carbocycles. The van der Waals surface area contributed by atoms with E-state index in [1.54, 1.807) is 24.5 Å². The third-order valence-electron chi connectivity index (χ3n) is 1.90. The highest BCUT2D eigenvalue weighted by Gasteiger charge is 2.10. The quantitative estimate of drug-likeness (QED) is 0.595. The molecule has 0 fully saturated rings. The maximum absolute atomic E-state index is 8.85. The highest BCUT2D eigenvalue weighted by molar-refractivity contribution is 6.47. The van der Waals surface area contributed by atoms with Gasteiger partial charge in [0.15, 0.2) is 5.71 Å². The number of nitrogens with zero attached hydrogens (tertiary/aromatic N) is 3. The van der Waals surface area contributed by atoms with Crippen molar-refractivity contribution in [2.75, 3.05) is 5.43 Å². The molecule has 0 aromatic carbocycles. The predicted octanol–water partition coefficient (Wildman–Crippen LogP) is 2.05. The number of hydrogen-bond acceptors (Lipinski definition) is 5. The molecule has 0 atom stereocenters. The highest BCUT2D eigenvalue weighted by atomic mass is 15.3. The number of anilines is 1. The lowest BCUT2D eigenvalue weighted by atomic mass is 10.1. The van der Waals surface area contributed by atoms with E-state index in [9.17, 15) is 0 Å². The van der Waals surface area contributed by atoms with Gasteiger partial charge in [-0.05, 0) is 18.1 Å². The van der Waals surface area contributed by atoms with Crippen LogP contribution < -0.4 is 5.43 Å². The van der Waals surface area contributed by atoms with Gasteiger partial charge >= 0.3 is 0 Å². The van der Waals surface area contributed by atoms with Crippen molar-refractivity contribution in [2.24, 2.45) is 11.0 Å². The fourth-order valence-corrected chi connectivity index (χ4v) is 0.968. The average molecular weight is 215 g/mol. The third-order valence-corrected chi connectivity index (χ3v) is 1.90. The Morgan fingerprint density at radius 1 is 1.62 bits per heavy atom. The van der Waals surface area contributed by atoms with Gasteiger partial charge in [-0.15, -0.1) is 0 Å². The Kier molecular flexibility index (Phi) is 4.16. The largest absolute Gasteiger partial charge is 0.302 e. The summed E-state index contributed by atoms with van der Waals surface area (Å²) in [4.78, 5) is 3.90. The Hall–Kier alpha value is -2.22. The second kappa shape index (κ2) is 5.61. The number of aromatic nitrogens is 1. The average Bonchev–Trinajstić information content (AvgIpc) is 2.30. The molecule has 0 radical (unpaired) electrons. The van der Waals surface area contributed by atoms with E-state index in [1.807, 2.05) is 19.9 Å². The van der Waals surface area contributed by atoms with Crippen molar-refractivity contribution in [2.45, 2.75) is 13.8 Å². The van der Waals surface area contributed by atoms with Gasteiger partial charge in [0, 0.05) is 6.20 Å². The molecule has 2 N–H and O–H groups in total. The van der Waals surface area contributed by atoms with Gasteiger partial charge in [-0.2, -0.15) is 10.4 Å². The van der Waals surface area contributed by atoms with E-state index in [0.717, 1.165) is 0 Å². The first kappa shape index (κ1) is 11.9. The van der Waals surface area contributed by atoms with E-state index in [4.69, 9.17) is 10.7 Å². The second-order valence-electron chi connectivity index (χ2n) is 3.49. The van der Waals surface area contributed by atoms with E-state index >= 15 is 0 Å². The first-order chi connectivity index (χ1) is 7.65. The molecule has 5 heteroatoms. The molecule has 0 unspecified atom stereocenters. The fourth-order valence-electron chi connectivity index (χ4n) is 0.968. The monoisotopic (exact) mass is 215 g/mol. The topological polar surface area (TPSA) is 84.9 Å². The summed E-state index contributed by atoms with van der Waals surface area (Å²) >= 11 is 0. The van der Waals surface area contributed by atoms with Crippen molar-refractivity contribution >= 4 is 17.1 Å². The lowest BCUT2D eigenvalue weighted by Crippen LogP contribution is -2.18. The molecule has 1 aromatic heterocycles. The Morgan fingerprint density at radius 3 is 2.88 bits per heavy atom. The molecular weight excluding hydrogens is 202 g/mol. The molecule has 0 bridgehead atoms. The summed E-state index contributed by atoms with van der Waals surface area (Å²) in [5.41, 5.74) is 3.70. The lowest BCUT2D eigenvalue weighted by molar-refractivity contribution is 0.887. The molecule has 5 nitrogen and oxygen atoms in total. The molecule has 1 aromatic rings. The van der Waals surface area contributed by atoms with Crippen LogP contribution in [0.15, 0.2) is 29.6 Å². The zero-order valence-corrected chi connectivity index (χ0v) is 9.23. The summed E-state index contributed by atoms with van der Waals surface area (Å²) < 4.78 is 0. The van der Waals surface area contributed by atoms with Gasteiger partial charge in [0.05, 0.1) is 17.6 Å². The minimum atomic E-state index is -0.0194. The molecule has 1 heterocycles. The van der Waals surface area contributed by atoms with Gasteiger partial charge in [-0.1, -0.05) is 13.8 Å². The summed E-state index contributed by atoms with van der Waals surface area (Å²) in [6.45, 7) is 3.69. The lowest BCUT2D eigenvalue weighted by Gasteiger charge is -2.05. The summed E-state index contributed by atoms with van der Waals surface area (Å²) in [7, 11) is 0. The molecule has 82 valence electrons. The molecule has 1 rings (SSSR count). The number of hydrazone groups is 1. The van der Waals surface area contributed by atoms with Crippen molar-refractivity contribution in [1.29, 1.82) is 10.7 Å². The standard InChI is InChI=1S/C11H13N5/c1-8(2)11(13)10(6-12)16-15-9-4-3-5-14-7-9/h3-5,7-8,13,15H,1-2H3. The van der Waals surface area contributed by atoms with Crippen LogP contribution >= 0.6 is 0 Å². The third kappa shape index (κ3) is 3.17. The van der Waals surface area contributed by atoms with Gasteiger partial charge in [-0.25, -0.2) is 0 Å². The van der Waals surface area contributed by atoms with Crippen LogP contribution in [0.3, 0.4) is 0 Å². The normalized spacial score (nSPS) is 11.0. The highest BCUT2D eigenvalue weighted by Crippen LogP contribution is 2.03. The van der Waals surface area contributed by atoms with Crippen molar-refractivity contribution in [3.63, 3.8) is 0 Å². The van der Waals surface area contributed by atoms with Crippen LogP contribution in [0.5, 0.6) is 0 Å². The van der Waals surface area contributed by atoms with Crippen LogP contribution in [0.1, 0.15) is 13.8 Å². The van der Waals surface area contributed by atoms with Crippen molar-refractivity contribution in [3.8, 4) is 6.07 Å². The zero-order valence-electron chi connectivity index (χ0n) is 9.23. The van der Waals surface area contributed by atoms with Gasteiger partial charge in [0.2, 0.25) is 0 Å². The Labute approximate surface area is 94.3 Å². The van der Waals surface area contributed by atoms with Crippen LogP contribution in [0.4, 0.5) is 5.69 Å². The molecule has 0 saturated heterocycles. The first-order valence-corrected chi connectivity index (χ1v) is 4.87.